The van der Waals surface area contributed by atoms with E-state index in [1.165, 1.54) is 0 Å². The Morgan fingerprint density at radius 2 is 1.53 bits per heavy atom. The minimum Gasteiger partial charge on any atom is -0.483 e. The predicted octanol–water partition coefficient (Wildman–Crippen LogP) is 5.90. The second-order valence-electron chi connectivity index (χ2n) is 7.18. The molecule has 0 atom stereocenters. The Bertz CT molecular complexity index is 1200. The van der Waals surface area contributed by atoms with Crippen LogP contribution < -0.4 is 10.2 Å². The number of hydrogen-bond donors (Lipinski definition) is 1. The molecule has 0 aliphatic carbocycles. The molecular formula is C25H21BrN2O2. The van der Waals surface area contributed by atoms with Crippen molar-refractivity contribution >= 4 is 49.6 Å². The van der Waals surface area contributed by atoms with E-state index in [-0.39, 0.29) is 12.5 Å². The van der Waals surface area contributed by atoms with Crippen LogP contribution in [-0.4, -0.2) is 18.7 Å². The summed E-state index contributed by atoms with van der Waals surface area (Å²) in [5, 5.41) is 8.65. The molecule has 0 aliphatic heterocycles. The van der Waals surface area contributed by atoms with Crippen molar-refractivity contribution in [2.24, 2.45) is 5.10 Å². The van der Waals surface area contributed by atoms with Gasteiger partial charge in [-0.1, -0.05) is 64.5 Å². The topological polar surface area (TPSA) is 50.7 Å². The number of fused-ring (bicyclic) bond motifs is 2. The van der Waals surface area contributed by atoms with Crippen LogP contribution in [0.25, 0.3) is 21.5 Å². The van der Waals surface area contributed by atoms with Crippen molar-refractivity contribution in [1.29, 1.82) is 0 Å². The van der Waals surface area contributed by atoms with Crippen LogP contribution in [0.4, 0.5) is 0 Å². The summed E-state index contributed by atoms with van der Waals surface area (Å²) in [5.41, 5.74) is 5.50. The quantitative estimate of drug-likeness (QED) is 0.229. The zero-order valence-corrected chi connectivity index (χ0v) is 18.4. The molecule has 1 amide bonds. The summed E-state index contributed by atoms with van der Waals surface area (Å²) < 4.78 is 6.71. The van der Waals surface area contributed by atoms with E-state index in [0.717, 1.165) is 48.5 Å². The molecule has 0 aliphatic rings. The highest BCUT2D eigenvalue weighted by atomic mass is 79.9. The van der Waals surface area contributed by atoms with Crippen LogP contribution in [0.3, 0.4) is 0 Å². The molecule has 0 unspecified atom stereocenters. The Morgan fingerprint density at radius 3 is 2.13 bits per heavy atom. The van der Waals surface area contributed by atoms with Crippen LogP contribution in [0.2, 0.25) is 0 Å². The Hall–Kier alpha value is -3.18. The zero-order chi connectivity index (χ0) is 21.1. The number of hydrogen-bond acceptors (Lipinski definition) is 3. The Balaban J connectivity index is 1.52. The first kappa shape index (κ1) is 20.1. The molecule has 4 rings (SSSR count). The highest BCUT2D eigenvalue weighted by Crippen LogP contribution is 2.28. The SMILES string of the molecule is Cc1cc(Br)cc(C)c1OCC(=O)NN=Cc1c2ccccc2cc2ccccc12. The van der Waals surface area contributed by atoms with Crippen LogP contribution in [0.15, 0.2) is 76.3 Å². The third kappa shape index (κ3) is 4.21. The summed E-state index contributed by atoms with van der Waals surface area (Å²) >= 11 is 3.46. The number of halogens is 1. The first-order valence-corrected chi connectivity index (χ1v) is 10.4. The first-order valence-electron chi connectivity index (χ1n) is 9.65. The van der Waals surface area contributed by atoms with Crippen molar-refractivity contribution in [2.75, 3.05) is 6.61 Å². The van der Waals surface area contributed by atoms with E-state index < -0.39 is 0 Å². The van der Waals surface area contributed by atoms with Crippen LogP contribution >= 0.6 is 15.9 Å². The third-order valence-electron chi connectivity index (χ3n) is 4.97. The molecule has 0 saturated heterocycles. The predicted molar refractivity (Wildman–Crippen MR) is 126 cm³/mol. The lowest BCUT2D eigenvalue weighted by Gasteiger charge is -2.12. The fourth-order valence-corrected chi connectivity index (χ4v) is 4.34. The van der Waals surface area contributed by atoms with Crippen LogP contribution in [0, 0.1) is 13.8 Å². The van der Waals surface area contributed by atoms with Gasteiger partial charge in [-0.25, -0.2) is 5.43 Å². The molecule has 0 fully saturated rings. The van der Waals surface area contributed by atoms with E-state index in [1.54, 1.807) is 6.21 Å². The van der Waals surface area contributed by atoms with Gasteiger partial charge in [0, 0.05) is 10.0 Å². The Kier molecular flexibility index (Phi) is 5.81. The van der Waals surface area contributed by atoms with E-state index >= 15 is 0 Å². The molecule has 0 bridgehead atoms. The third-order valence-corrected chi connectivity index (χ3v) is 5.43. The fraction of sp³-hybridized carbons (Fsp3) is 0.120. The minimum absolute atomic E-state index is 0.100. The van der Waals surface area contributed by atoms with Gasteiger partial charge in [-0.05, 0) is 64.7 Å². The van der Waals surface area contributed by atoms with Gasteiger partial charge in [0.05, 0.1) is 6.21 Å². The van der Waals surface area contributed by atoms with Crippen LogP contribution in [0.5, 0.6) is 5.75 Å². The lowest BCUT2D eigenvalue weighted by Crippen LogP contribution is -2.25. The van der Waals surface area contributed by atoms with Crippen molar-refractivity contribution in [2.45, 2.75) is 13.8 Å². The van der Waals surface area contributed by atoms with Gasteiger partial charge in [-0.15, -0.1) is 0 Å². The minimum atomic E-state index is -0.308. The summed E-state index contributed by atoms with van der Waals surface area (Å²) in [6.45, 7) is 3.81. The first-order chi connectivity index (χ1) is 14.5. The number of nitrogens with one attached hydrogen (secondary N) is 1. The Labute approximate surface area is 183 Å². The molecule has 0 aromatic heterocycles. The molecule has 5 heteroatoms. The number of nitrogens with zero attached hydrogens (tertiary/aromatic N) is 1. The standard InChI is InChI=1S/C25H21BrN2O2/c1-16-11-20(26)12-17(2)25(16)30-15-24(29)28-27-14-23-21-9-5-3-7-18(21)13-19-8-4-6-10-22(19)23/h3-14H,15H2,1-2H3,(H,28,29). The molecule has 0 spiro atoms. The summed E-state index contributed by atoms with van der Waals surface area (Å²) in [5.74, 6) is 0.412. The van der Waals surface area contributed by atoms with Crippen molar-refractivity contribution < 1.29 is 9.53 Å². The van der Waals surface area contributed by atoms with E-state index in [4.69, 9.17) is 4.74 Å². The number of aryl methyl sites for hydroxylation is 2. The zero-order valence-electron chi connectivity index (χ0n) is 16.8. The van der Waals surface area contributed by atoms with Crippen molar-refractivity contribution in [1.82, 2.24) is 5.43 Å². The molecule has 150 valence electrons. The largest absolute Gasteiger partial charge is 0.483 e. The monoisotopic (exact) mass is 460 g/mol. The van der Waals surface area contributed by atoms with Gasteiger partial charge in [-0.3, -0.25) is 4.79 Å². The summed E-state index contributed by atoms with van der Waals surface area (Å²) in [6.07, 6.45) is 1.71. The van der Waals surface area contributed by atoms with E-state index in [2.05, 4.69) is 56.8 Å². The second kappa shape index (κ2) is 8.67. The molecule has 4 nitrogen and oxygen atoms in total. The molecule has 4 aromatic carbocycles. The second-order valence-corrected chi connectivity index (χ2v) is 8.10. The van der Waals surface area contributed by atoms with Crippen LogP contribution in [-0.2, 0) is 4.79 Å². The molecule has 0 heterocycles. The summed E-state index contributed by atoms with van der Waals surface area (Å²) in [6, 6.07) is 22.4. The number of carbonyl (C=O) groups is 1. The average Bonchev–Trinajstić information content (AvgIpc) is 2.72. The van der Waals surface area contributed by atoms with Crippen LogP contribution in [0.1, 0.15) is 16.7 Å². The lowest BCUT2D eigenvalue weighted by atomic mass is 9.97. The van der Waals surface area contributed by atoms with Gasteiger partial charge in [-0.2, -0.15) is 5.10 Å². The number of rotatable bonds is 5. The maximum Gasteiger partial charge on any atom is 0.277 e. The van der Waals surface area contributed by atoms with Gasteiger partial charge >= 0.3 is 0 Å². The van der Waals surface area contributed by atoms with Crippen molar-refractivity contribution in [3.63, 3.8) is 0 Å². The summed E-state index contributed by atoms with van der Waals surface area (Å²) in [7, 11) is 0. The van der Waals surface area contributed by atoms with Gasteiger partial charge in [0.25, 0.3) is 5.91 Å². The molecule has 0 saturated carbocycles. The van der Waals surface area contributed by atoms with E-state index in [9.17, 15) is 4.79 Å². The number of benzene rings is 4. The average molecular weight is 461 g/mol. The number of ether oxygens (including phenoxy) is 1. The van der Waals surface area contributed by atoms with Gasteiger partial charge in [0.1, 0.15) is 5.75 Å². The van der Waals surface area contributed by atoms with E-state index in [1.807, 2.05) is 50.2 Å². The maximum absolute atomic E-state index is 12.3. The molecule has 4 aromatic rings. The highest BCUT2D eigenvalue weighted by molar-refractivity contribution is 9.10. The summed E-state index contributed by atoms with van der Waals surface area (Å²) in [4.78, 5) is 12.3. The van der Waals surface area contributed by atoms with Gasteiger partial charge in [0.2, 0.25) is 0 Å². The lowest BCUT2D eigenvalue weighted by molar-refractivity contribution is -0.123. The highest BCUT2D eigenvalue weighted by Gasteiger charge is 2.09. The molecular weight excluding hydrogens is 440 g/mol. The van der Waals surface area contributed by atoms with Gasteiger partial charge in [0.15, 0.2) is 6.61 Å². The van der Waals surface area contributed by atoms with E-state index in [0.29, 0.717) is 0 Å². The number of carbonyl (C=O) groups excluding carboxylic acids is 1. The molecule has 30 heavy (non-hydrogen) atoms. The number of amides is 1. The van der Waals surface area contributed by atoms with Crippen molar-refractivity contribution in [3.05, 3.63) is 87.9 Å². The maximum atomic E-state index is 12.3. The van der Waals surface area contributed by atoms with Crippen molar-refractivity contribution in [3.8, 4) is 5.75 Å². The molecule has 0 radical (unpaired) electrons. The van der Waals surface area contributed by atoms with Gasteiger partial charge < -0.3 is 4.74 Å². The Morgan fingerprint density at radius 1 is 0.967 bits per heavy atom. The molecule has 1 N–H and O–H groups in total. The normalized spacial score (nSPS) is 11.3. The smallest absolute Gasteiger partial charge is 0.277 e. The number of hydrazone groups is 1. The fourth-order valence-electron chi connectivity index (χ4n) is 3.65.